The van der Waals surface area contributed by atoms with Crippen molar-refractivity contribution in [2.75, 3.05) is 30.8 Å². The molecule has 21 heavy (non-hydrogen) atoms. The van der Waals surface area contributed by atoms with Crippen molar-refractivity contribution in [1.29, 1.82) is 0 Å². The summed E-state index contributed by atoms with van der Waals surface area (Å²) in [6.45, 7) is 5.90. The second-order valence-electron chi connectivity index (χ2n) is 5.65. The van der Waals surface area contributed by atoms with Crippen molar-refractivity contribution in [3.05, 3.63) is 6.33 Å². The van der Waals surface area contributed by atoms with Crippen LogP contribution in [0, 0.1) is 0 Å². The maximum atomic E-state index is 4.53. The summed E-state index contributed by atoms with van der Waals surface area (Å²) in [6.07, 6.45) is 4.30. The Kier molecular flexibility index (Phi) is 3.92. The highest BCUT2D eigenvalue weighted by Gasteiger charge is 2.29. The number of rotatable bonds is 7. The maximum absolute atomic E-state index is 4.53. The number of aromatic amines is 1. The molecular weight excluding hydrogens is 266 g/mol. The van der Waals surface area contributed by atoms with Gasteiger partial charge in [0.15, 0.2) is 11.5 Å². The standard InChI is InChI=1S/C14H23N7/c1-4-15-14-19-12(11-13(20-14)18-8-17-11)16-7-9(2)21(3)10-5-6-10/h8-10H,4-7H2,1-3H3,(H3,15,16,17,18,19,20). The number of likely N-dealkylation sites (N-methyl/N-ethyl adjacent to an activating group) is 1. The Morgan fingerprint density at radius 3 is 2.90 bits per heavy atom. The van der Waals surface area contributed by atoms with E-state index in [0.717, 1.165) is 30.5 Å². The van der Waals surface area contributed by atoms with Crippen LogP contribution in [0.25, 0.3) is 11.2 Å². The topological polar surface area (TPSA) is 81.8 Å². The highest BCUT2D eigenvalue weighted by molar-refractivity contribution is 5.83. The molecule has 0 bridgehead atoms. The lowest BCUT2D eigenvalue weighted by Gasteiger charge is -2.24. The third-order valence-corrected chi connectivity index (χ3v) is 4.00. The predicted molar refractivity (Wildman–Crippen MR) is 84.6 cm³/mol. The van der Waals surface area contributed by atoms with Crippen LogP contribution in [-0.2, 0) is 0 Å². The van der Waals surface area contributed by atoms with Gasteiger partial charge in [0.2, 0.25) is 5.95 Å². The number of imidazole rings is 1. The zero-order chi connectivity index (χ0) is 14.8. The van der Waals surface area contributed by atoms with Crippen LogP contribution in [-0.4, -0.2) is 57.1 Å². The van der Waals surface area contributed by atoms with E-state index in [1.54, 1.807) is 6.33 Å². The molecule has 1 saturated carbocycles. The SMILES string of the molecule is CCNc1nc(NCC(C)N(C)C2CC2)c2[nH]cnc2n1. The van der Waals surface area contributed by atoms with Crippen LogP contribution in [0.4, 0.5) is 11.8 Å². The third-order valence-electron chi connectivity index (χ3n) is 4.00. The minimum Gasteiger partial charge on any atom is -0.367 e. The minimum absolute atomic E-state index is 0.466. The molecule has 3 rings (SSSR count). The number of hydrogen-bond donors (Lipinski definition) is 3. The molecule has 0 spiro atoms. The number of aromatic nitrogens is 4. The number of fused-ring (bicyclic) bond motifs is 1. The summed E-state index contributed by atoms with van der Waals surface area (Å²) < 4.78 is 0. The highest BCUT2D eigenvalue weighted by atomic mass is 15.2. The van der Waals surface area contributed by atoms with E-state index in [1.165, 1.54) is 12.8 Å². The molecule has 1 unspecified atom stereocenters. The summed E-state index contributed by atoms with van der Waals surface area (Å²) in [5.41, 5.74) is 1.55. The number of H-pyrrole nitrogens is 1. The summed E-state index contributed by atoms with van der Waals surface area (Å²) in [5.74, 6) is 1.42. The van der Waals surface area contributed by atoms with Gasteiger partial charge < -0.3 is 15.6 Å². The van der Waals surface area contributed by atoms with Crippen LogP contribution in [0.1, 0.15) is 26.7 Å². The fourth-order valence-electron chi connectivity index (χ4n) is 2.43. The van der Waals surface area contributed by atoms with Crippen molar-refractivity contribution in [2.45, 2.75) is 38.8 Å². The Morgan fingerprint density at radius 1 is 1.38 bits per heavy atom. The van der Waals surface area contributed by atoms with Gasteiger partial charge in [-0.2, -0.15) is 9.97 Å². The van der Waals surface area contributed by atoms with Gasteiger partial charge in [-0.3, -0.25) is 4.90 Å². The van der Waals surface area contributed by atoms with Gasteiger partial charge in [-0.1, -0.05) is 0 Å². The highest BCUT2D eigenvalue weighted by Crippen LogP contribution is 2.27. The summed E-state index contributed by atoms with van der Waals surface area (Å²) in [5, 5.41) is 6.57. The Morgan fingerprint density at radius 2 is 2.19 bits per heavy atom. The molecule has 1 fully saturated rings. The molecule has 2 aromatic heterocycles. The molecule has 1 aliphatic carbocycles. The van der Waals surface area contributed by atoms with Gasteiger partial charge in [0.25, 0.3) is 0 Å². The number of hydrogen-bond acceptors (Lipinski definition) is 6. The fourth-order valence-corrected chi connectivity index (χ4v) is 2.43. The van der Waals surface area contributed by atoms with Crippen LogP contribution >= 0.6 is 0 Å². The van der Waals surface area contributed by atoms with E-state index in [0.29, 0.717) is 17.6 Å². The Balaban J connectivity index is 1.73. The van der Waals surface area contributed by atoms with Gasteiger partial charge in [-0.05, 0) is 33.7 Å². The molecule has 7 nitrogen and oxygen atoms in total. The first-order chi connectivity index (χ1) is 10.2. The van der Waals surface area contributed by atoms with E-state index < -0.39 is 0 Å². The van der Waals surface area contributed by atoms with E-state index in [4.69, 9.17) is 0 Å². The van der Waals surface area contributed by atoms with Crippen molar-refractivity contribution in [3.8, 4) is 0 Å². The molecule has 0 amide bonds. The van der Waals surface area contributed by atoms with E-state index in [1.807, 2.05) is 6.92 Å². The van der Waals surface area contributed by atoms with Crippen LogP contribution in [0.15, 0.2) is 6.33 Å². The van der Waals surface area contributed by atoms with Gasteiger partial charge in [-0.15, -0.1) is 0 Å². The zero-order valence-corrected chi connectivity index (χ0v) is 12.8. The fraction of sp³-hybridized carbons (Fsp3) is 0.643. The molecule has 2 aromatic rings. The maximum Gasteiger partial charge on any atom is 0.226 e. The van der Waals surface area contributed by atoms with Crippen molar-refractivity contribution in [2.24, 2.45) is 0 Å². The first kappa shape index (κ1) is 14.1. The summed E-state index contributed by atoms with van der Waals surface area (Å²) in [7, 11) is 2.19. The summed E-state index contributed by atoms with van der Waals surface area (Å²) >= 11 is 0. The lowest BCUT2D eigenvalue weighted by Crippen LogP contribution is -2.36. The molecular formula is C14H23N7. The number of nitrogens with zero attached hydrogens (tertiary/aromatic N) is 4. The van der Waals surface area contributed by atoms with E-state index >= 15 is 0 Å². The Labute approximate surface area is 124 Å². The normalized spacial score (nSPS) is 16.4. The smallest absolute Gasteiger partial charge is 0.226 e. The van der Waals surface area contributed by atoms with Gasteiger partial charge in [0.1, 0.15) is 5.52 Å². The first-order valence-corrected chi connectivity index (χ1v) is 7.59. The average Bonchev–Trinajstić information content (AvgIpc) is 3.22. The Hall–Kier alpha value is -1.89. The minimum atomic E-state index is 0.466. The molecule has 1 aliphatic rings. The number of anilines is 2. The zero-order valence-electron chi connectivity index (χ0n) is 12.8. The second kappa shape index (κ2) is 5.85. The van der Waals surface area contributed by atoms with Crippen molar-refractivity contribution in [3.63, 3.8) is 0 Å². The van der Waals surface area contributed by atoms with E-state index in [2.05, 4.69) is 49.4 Å². The predicted octanol–water partition coefficient (Wildman–Crippen LogP) is 1.68. The molecule has 7 heteroatoms. The van der Waals surface area contributed by atoms with Crippen LogP contribution in [0.3, 0.4) is 0 Å². The van der Waals surface area contributed by atoms with Crippen LogP contribution in [0.5, 0.6) is 0 Å². The lowest BCUT2D eigenvalue weighted by molar-refractivity contribution is 0.257. The molecule has 0 radical (unpaired) electrons. The molecule has 0 aliphatic heterocycles. The van der Waals surface area contributed by atoms with Crippen molar-refractivity contribution < 1.29 is 0 Å². The molecule has 0 saturated heterocycles. The molecule has 2 heterocycles. The van der Waals surface area contributed by atoms with Crippen molar-refractivity contribution in [1.82, 2.24) is 24.8 Å². The molecule has 1 atom stereocenters. The Bertz CT molecular complexity index is 604. The van der Waals surface area contributed by atoms with E-state index in [-0.39, 0.29) is 0 Å². The second-order valence-corrected chi connectivity index (χ2v) is 5.65. The van der Waals surface area contributed by atoms with Gasteiger partial charge in [-0.25, -0.2) is 4.98 Å². The number of nitrogens with one attached hydrogen (secondary N) is 3. The van der Waals surface area contributed by atoms with Gasteiger partial charge in [0, 0.05) is 25.2 Å². The van der Waals surface area contributed by atoms with Gasteiger partial charge in [0.05, 0.1) is 6.33 Å². The molecule has 0 aromatic carbocycles. The third kappa shape index (κ3) is 3.07. The lowest BCUT2D eigenvalue weighted by atomic mass is 10.3. The average molecular weight is 289 g/mol. The van der Waals surface area contributed by atoms with Crippen LogP contribution in [0.2, 0.25) is 0 Å². The summed E-state index contributed by atoms with van der Waals surface area (Å²) in [4.78, 5) is 18.7. The monoisotopic (exact) mass is 289 g/mol. The van der Waals surface area contributed by atoms with Gasteiger partial charge >= 0.3 is 0 Å². The molecule has 3 N–H and O–H groups in total. The summed E-state index contributed by atoms with van der Waals surface area (Å²) in [6, 6.07) is 1.23. The van der Waals surface area contributed by atoms with Crippen LogP contribution < -0.4 is 10.6 Å². The largest absolute Gasteiger partial charge is 0.367 e. The van der Waals surface area contributed by atoms with Crippen molar-refractivity contribution >= 4 is 22.9 Å². The quantitative estimate of drug-likeness (QED) is 0.719. The van der Waals surface area contributed by atoms with E-state index in [9.17, 15) is 0 Å². The first-order valence-electron chi connectivity index (χ1n) is 7.59. The molecule has 114 valence electrons.